The zero-order valence-electron chi connectivity index (χ0n) is 11.8. The van der Waals surface area contributed by atoms with Gasteiger partial charge >= 0.3 is 0 Å². The van der Waals surface area contributed by atoms with Crippen LogP contribution in [0.3, 0.4) is 0 Å². The highest BCUT2D eigenvalue weighted by Crippen LogP contribution is 2.30. The van der Waals surface area contributed by atoms with E-state index in [2.05, 4.69) is 5.32 Å². The Morgan fingerprint density at radius 2 is 1.95 bits per heavy atom. The zero-order valence-corrected chi connectivity index (χ0v) is 11.8. The van der Waals surface area contributed by atoms with Crippen molar-refractivity contribution in [3.63, 3.8) is 0 Å². The van der Waals surface area contributed by atoms with E-state index in [1.807, 2.05) is 0 Å². The fraction of sp³-hybridized carbons (Fsp3) is 0.933. The van der Waals surface area contributed by atoms with E-state index in [1.165, 1.54) is 6.42 Å². The maximum Gasteiger partial charge on any atom is 0.223 e. The molecule has 4 atom stereocenters. The van der Waals surface area contributed by atoms with Crippen molar-refractivity contribution in [2.45, 2.75) is 57.5 Å². The van der Waals surface area contributed by atoms with Gasteiger partial charge in [0.1, 0.15) is 0 Å². The smallest absolute Gasteiger partial charge is 0.223 e. The molecular weight excluding hydrogens is 240 g/mol. The van der Waals surface area contributed by atoms with Crippen LogP contribution in [-0.4, -0.2) is 30.2 Å². The summed E-state index contributed by atoms with van der Waals surface area (Å²) in [4.78, 5) is 12.3. The summed E-state index contributed by atoms with van der Waals surface area (Å²) < 4.78 is 0. The highest BCUT2D eigenvalue weighted by molar-refractivity contribution is 5.79. The minimum atomic E-state index is -0.165. The van der Waals surface area contributed by atoms with E-state index in [9.17, 15) is 9.90 Å². The third-order valence-corrected chi connectivity index (χ3v) is 4.87. The summed E-state index contributed by atoms with van der Waals surface area (Å²) in [6, 6.07) is 0. The minimum absolute atomic E-state index is 0.118. The molecule has 110 valence electrons. The molecule has 0 saturated heterocycles. The van der Waals surface area contributed by atoms with Crippen molar-refractivity contribution < 1.29 is 9.90 Å². The van der Waals surface area contributed by atoms with Crippen LogP contribution in [0.4, 0.5) is 0 Å². The first-order valence-electron chi connectivity index (χ1n) is 7.86. The molecule has 4 N–H and O–H groups in total. The van der Waals surface area contributed by atoms with Crippen LogP contribution in [0.15, 0.2) is 0 Å². The summed E-state index contributed by atoms with van der Waals surface area (Å²) in [5.74, 6) is 1.13. The fourth-order valence-corrected chi connectivity index (χ4v) is 3.66. The van der Waals surface area contributed by atoms with Gasteiger partial charge in [-0.25, -0.2) is 0 Å². The molecule has 2 aliphatic carbocycles. The average Bonchev–Trinajstić information content (AvgIpc) is 2.45. The van der Waals surface area contributed by atoms with Gasteiger partial charge < -0.3 is 16.2 Å². The Bertz CT molecular complexity index is 296. The Balaban J connectivity index is 1.76. The van der Waals surface area contributed by atoms with Crippen LogP contribution in [0.2, 0.25) is 0 Å². The van der Waals surface area contributed by atoms with Gasteiger partial charge in [0.25, 0.3) is 0 Å². The summed E-state index contributed by atoms with van der Waals surface area (Å²) in [6.45, 7) is 1.35. The van der Waals surface area contributed by atoms with Crippen LogP contribution in [0, 0.1) is 17.8 Å². The maximum absolute atomic E-state index is 12.3. The molecule has 2 aliphatic rings. The van der Waals surface area contributed by atoms with Crippen LogP contribution < -0.4 is 11.1 Å². The van der Waals surface area contributed by atoms with Gasteiger partial charge in [0.15, 0.2) is 0 Å². The van der Waals surface area contributed by atoms with Crippen LogP contribution in [-0.2, 0) is 4.79 Å². The molecule has 0 aromatic carbocycles. The molecule has 1 amide bonds. The number of hydrogen-bond acceptors (Lipinski definition) is 3. The first-order chi connectivity index (χ1) is 9.20. The van der Waals surface area contributed by atoms with Crippen molar-refractivity contribution >= 4 is 5.91 Å². The van der Waals surface area contributed by atoms with Gasteiger partial charge in [-0.2, -0.15) is 0 Å². The Kier molecular flexibility index (Phi) is 5.64. The van der Waals surface area contributed by atoms with Crippen molar-refractivity contribution in [2.24, 2.45) is 23.5 Å². The molecular formula is C15H28N2O2. The largest absolute Gasteiger partial charge is 0.393 e. The lowest BCUT2D eigenvalue weighted by Gasteiger charge is -2.31. The number of hydrogen-bond donors (Lipinski definition) is 3. The lowest BCUT2D eigenvalue weighted by Crippen LogP contribution is -2.41. The number of aliphatic hydroxyl groups excluding tert-OH is 1. The SMILES string of the molecule is NCC1CCCCC1C(=O)NCC1CCCC(O)C1. The summed E-state index contributed by atoms with van der Waals surface area (Å²) in [7, 11) is 0. The summed E-state index contributed by atoms with van der Waals surface area (Å²) in [6.07, 6.45) is 8.24. The predicted octanol–water partition coefficient (Wildman–Crippen LogP) is 1.42. The summed E-state index contributed by atoms with van der Waals surface area (Å²) >= 11 is 0. The third kappa shape index (κ3) is 4.18. The molecule has 0 radical (unpaired) electrons. The Morgan fingerprint density at radius 3 is 2.68 bits per heavy atom. The van der Waals surface area contributed by atoms with Crippen molar-refractivity contribution in [1.29, 1.82) is 0 Å². The van der Waals surface area contributed by atoms with Crippen molar-refractivity contribution in [3.8, 4) is 0 Å². The molecule has 0 aliphatic heterocycles. The van der Waals surface area contributed by atoms with Crippen LogP contribution in [0.25, 0.3) is 0 Å². The molecule has 2 fully saturated rings. The second kappa shape index (κ2) is 7.25. The van der Waals surface area contributed by atoms with Crippen LogP contribution in [0.1, 0.15) is 51.4 Å². The quantitative estimate of drug-likeness (QED) is 0.722. The molecule has 2 rings (SSSR count). The number of nitrogens with one attached hydrogen (secondary N) is 1. The Hall–Kier alpha value is -0.610. The maximum atomic E-state index is 12.3. The lowest BCUT2D eigenvalue weighted by atomic mass is 9.78. The van der Waals surface area contributed by atoms with Crippen molar-refractivity contribution in [3.05, 3.63) is 0 Å². The van der Waals surface area contributed by atoms with Crippen LogP contribution in [0.5, 0.6) is 0 Å². The highest BCUT2D eigenvalue weighted by atomic mass is 16.3. The van der Waals surface area contributed by atoms with E-state index >= 15 is 0 Å². The number of rotatable bonds is 4. The van der Waals surface area contributed by atoms with Gasteiger partial charge in [-0.05, 0) is 50.5 Å². The molecule has 0 heterocycles. The van der Waals surface area contributed by atoms with Gasteiger partial charge in [-0.3, -0.25) is 4.79 Å². The molecule has 19 heavy (non-hydrogen) atoms. The minimum Gasteiger partial charge on any atom is -0.393 e. The first kappa shape index (κ1) is 14.8. The number of aliphatic hydroxyl groups is 1. The molecule has 0 spiro atoms. The topological polar surface area (TPSA) is 75.4 Å². The summed E-state index contributed by atoms with van der Waals surface area (Å²) in [5, 5.41) is 12.7. The number of amides is 1. The fourth-order valence-electron chi connectivity index (χ4n) is 3.66. The van der Waals surface area contributed by atoms with Gasteiger partial charge in [0.05, 0.1) is 6.10 Å². The highest BCUT2D eigenvalue weighted by Gasteiger charge is 2.30. The third-order valence-electron chi connectivity index (χ3n) is 4.87. The van der Waals surface area contributed by atoms with Crippen molar-refractivity contribution in [2.75, 3.05) is 13.1 Å². The molecule has 0 aromatic rings. The van der Waals surface area contributed by atoms with E-state index in [1.54, 1.807) is 0 Å². The molecule has 0 bridgehead atoms. The lowest BCUT2D eigenvalue weighted by molar-refractivity contribution is -0.128. The molecule has 4 heteroatoms. The van der Waals surface area contributed by atoms with Crippen LogP contribution >= 0.6 is 0 Å². The van der Waals surface area contributed by atoms with Gasteiger partial charge in [0, 0.05) is 12.5 Å². The van der Waals surface area contributed by atoms with Crippen molar-refractivity contribution in [1.82, 2.24) is 5.32 Å². The molecule has 4 unspecified atom stereocenters. The van der Waals surface area contributed by atoms with E-state index in [-0.39, 0.29) is 17.9 Å². The predicted molar refractivity (Wildman–Crippen MR) is 75.5 cm³/mol. The average molecular weight is 268 g/mol. The number of nitrogens with two attached hydrogens (primary N) is 1. The van der Waals surface area contributed by atoms with Gasteiger partial charge in [-0.15, -0.1) is 0 Å². The number of carbonyl (C=O) groups is 1. The van der Waals surface area contributed by atoms with E-state index in [4.69, 9.17) is 5.73 Å². The second-order valence-electron chi connectivity index (χ2n) is 6.32. The second-order valence-corrected chi connectivity index (χ2v) is 6.32. The molecule has 2 saturated carbocycles. The van der Waals surface area contributed by atoms with E-state index < -0.39 is 0 Å². The van der Waals surface area contributed by atoms with E-state index in [0.29, 0.717) is 18.4 Å². The normalized spacial score (nSPS) is 35.9. The molecule has 4 nitrogen and oxygen atoms in total. The molecule has 0 aromatic heterocycles. The Morgan fingerprint density at radius 1 is 1.16 bits per heavy atom. The van der Waals surface area contributed by atoms with Gasteiger partial charge in [-0.1, -0.05) is 19.3 Å². The Labute approximate surface area is 116 Å². The standard InChI is InChI=1S/C15H28N2O2/c16-9-12-5-1-2-7-14(12)15(19)17-10-11-4-3-6-13(18)8-11/h11-14,18H,1-10,16H2,(H,17,19). The van der Waals surface area contributed by atoms with Gasteiger partial charge in [0.2, 0.25) is 5.91 Å². The monoisotopic (exact) mass is 268 g/mol. The summed E-state index contributed by atoms with van der Waals surface area (Å²) in [5.41, 5.74) is 5.78. The first-order valence-corrected chi connectivity index (χ1v) is 7.86. The van der Waals surface area contributed by atoms with E-state index in [0.717, 1.165) is 51.5 Å². The zero-order chi connectivity index (χ0) is 13.7. The number of carbonyl (C=O) groups excluding carboxylic acids is 1.